The minimum Gasteiger partial charge on any atom is -0.340 e. The highest BCUT2D eigenvalue weighted by molar-refractivity contribution is 6.29. The van der Waals surface area contributed by atoms with E-state index in [0.29, 0.717) is 11.4 Å². The molecule has 3 aromatic rings. The summed E-state index contributed by atoms with van der Waals surface area (Å²) in [6.45, 7) is 3.94. The molecule has 0 bridgehead atoms. The fourth-order valence-electron chi connectivity index (χ4n) is 2.43. The van der Waals surface area contributed by atoms with Crippen LogP contribution in [0.1, 0.15) is 16.7 Å². The Bertz CT molecular complexity index is 938. The lowest BCUT2D eigenvalue weighted by Crippen LogP contribution is -2.04. The predicted molar refractivity (Wildman–Crippen MR) is 96.7 cm³/mol. The number of alkyl halides is 3. The summed E-state index contributed by atoms with van der Waals surface area (Å²) in [4.78, 5) is 8.48. The molecule has 134 valence electrons. The molecule has 26 heavy (non-hydrogen) atoms. The summed E-state index contributed by atoms with van der Waals surface area (Å²) >= 11 is 6.07. The first-order chi connectivity index (χ1) is 12.2. The minimum absolute atomic E-state index is 0.197. The average molecular weight is 378 g/mol. The molecule has 0 unspecified atom stereocenters. The minimum atomic E-state index is -4.39. The molecular formula is C19H15ClF3N3. The van der Waals surface area contributed by atoms with Gasteiger partial charge in [-0.1, -0.05) is 35.9 Å². The van der Waals surface area contributed by atoms with E-state index in [1.54, 1.807) is 6.07 Å². The molecule has 0 atom stereocenters. The Labute approximate surface area is 153 Å². The molecule has 0 saturated carbocycles. The van der Waals surface area contributed by atoms with Crippen molar-refractivity contribution in [2.75, 3.05) is 5.32 Å². The van der Waals surface area contributed by atoms with Gasteiger partial charge in [0.1, 0.15) is 11.0 Å². The van der Waals surface area contributed by atoms with Gasteiger partial charge in [-0.3, -0.25) is 0 Å². The summed E-state index contributed by atoms with van der Waals surface area (Å²) in [5.41, 5.74) is 2.71. The van der Waals surface area contributed by atoms with Crippen LogP contribution < -0.4 is 5.32 Å². The van der Waals surface area contributed by atoms with E-state index in [9.17, 15) is 13.2 Å². The van der Waals surface area contributed by atoms with E-state index >= 15 is 0 Å². The molecule has 0 fully saturated rings. The third-order valence-electron chi connectivity index (χ3n) is 3.82. The number of aryl methyl sites for hydroxylation is 2. The van der Waals surface area contributed by atoms with Gasteiger partial charge in [-0.05, 0) is 43.2 Å². The number of halogens is 4. The second-order valence-corrected chi connectivity index (χ2v) is 6.31. The van der Waals surface area contributed by atoms with Crippen molar-refractivity contribution in [3.05, 3.63) is 70.4 Å². The van der Waals surface area contributed by atoms with Crippen molar-refractivity contribution in [3.8, 4) is 11.4 Å². The molecule has 0 aliphatic rings. The highest BCUT2D eigenvalue weighted by Gasteiger charge is 2.30. The first-order valence-corrected chi connectivity index (χ1v) is 8.17. The number of anilines is 2. The molecule has 1 aromatic heterocycles. The van der Waals surface area contributed by atoms with Crippen LogP contribution in [0.15, 0.2) is 48.5 Å². The normalized spacial score (nSPS) is 11.5. The lowest BCUT2D eigenvalue weighted by Gasteiger charge is -2.12. The fourth-order valence-corrected chi connectivity index (χ4v) is 2.61. The quantitative estimate of drug-likeness (QED) is 0.554. The molecule has 0 radical (unpaired) electrons. The summed E-state index contributed by atoms with van der Waals surface area (Å²) in [5, 5.41) is 3.38. The van der Waals surface area contributed by atoms with Gasteiger partial charge in [0.05, 0.1) is 5.56 Å². The fraction of sp³-hybridized carbons (Fsp3) is 0.158. The van der Waals surface area contributed by atoms with Gasteiger partial charge in [0, 0.05) is 17.3 Å². The average Bonchev–Trinajstić information content (AvgIpc) is 2.57. The summed E-state index contributed by atoms with van der Waals surface area (Å²) in [6, 6.07) is 12.2. The zero-order valence-corrected chi connectivity index (χ0v) is 14.8. The number of benzene rings is 2. The van der Waals surface area contributed by atoms with E-state index in [1.807, 2.05) is 32.0 Å². The number of aromatic nitrogens is 2. The van der Waals surface area contributed by atoms with E-state index in [2.05, 4.69) is 15.3 Å². The van der Waals surface area contributed by atoms with Crippen LogP contribution in [0.2, 0.25) is 5.15 Å². The molecule has 0 spiro atoms. The van der Waals surface area contributed by atoms with Crippen molar-refractivity contribution in [1.29, 1.82) is 0 Å². The Balaban J connectivity index is 1.94. The van der Waals surface area contributed by atoms with Gasteiger partial charge >= 0.3 is 6.18 Å². The van der Waals surface area contributed by atoms with Crippen LogP contribution in [0.5, 0.6) is 0 Å². The van der Waals surface area contributed by atoms with Crippen LogP contribution in [0.4, 0.5) is 24.7 Å². The zero-order chi connectivity index (χ0) is 18.9. The Kier molecular flexibility index (Phi) is 4.87. The van der Waals surface area contributed by atoms with Crippen molar-refractivity contribution in [1.82, 2.24) is 9.97 Å². The molecule has 3 rings (SSSR count). The number of hydrogen-bond acceptors (Lipinski definition) is 3. The third-order valence-corrected chi connectivity index (χ3v) is 4.01. The Hall–Kier alpha value is -2.60. The summed E-state index contributed by atoms with van der Waals surface area (Å²) in [5.74, 6) is 0.715. The van der Waals surface area contributed by atoms with Crippen LogP contribution in [-0.4, -0.2) is 9.97 Å². The molecule has 7 heteroatoms. The van der Waals surface area contributed by atoms with Crippen LogP contribution in [0, 0.1) is 13.8 Å². The monoisotopic (exact) mass is 377 g/mol. The largest absolute Gasteiger partial charge is 0.416 e. The maximum atomic E-state index is 12.7. The number of nitrogens with one attached hydrogen (secondary N) is 1. The SMILES string of the molecule is Cc1ccc(C)c(Nc2cc(Cl)nc(-c3ccc(C(F)(F)F)cc3)n2)c1. The number of hydrogen-bond donors (Lipinski definition) is 1. The van der Waals surface area contributed by atoms with Crippen molar-refractivity contribution in [2.45, 2.75) is 20.0 Å². The molecule has 2 aromatic carbocycles. The standard InChI is InChI=1S/C19H15ClF3N3/c1-11-3-4-12(2)15(9-11)24-17-10-16(20)25-18(26-17)13-5-7-14(8-6-13)19(21,22)23/h3-10H,1-2H3,(H,24,25,26). The molecule has 0 amide bonds. The van der Waals surface area contributed by atoms with Crippen molar-refractivity contribution < 1.29 is 13.2 Å². The van der Waals surface area contributed by atoms with Gasteiger partial charge in [0.2, 0.25) is 0 Å². The zero-order valence-electron chi connectivity index (χ0n) is 14.0. The van der Waals surface area contributed by atoms with Crippen molar-refractivity contribution in [3.63, 3.8) is 0 Å². The summed E-state index contributed by atoms with van der Waals surface area (Å²) in [7, 11) is 0. The molecule has 1 heterocycles. The van der Waals surface area contributed by atoms with Crippen molar-refractivity contribution in [2.24, 2.45) is 0 Å². The Morgan fingerprint density at radius 3 is 2.27 bits per heavy atom. The van der Waals surface area contributed by atoms with Crippen LogP contribution in [0.25, 0.3) is 11.4 Å². The first kappa shape index (κ1) is 18.2. The van der Waals surface area contributed by atoms with Gasteiger partial charge in [0.15, 0.2) is 5.82 Å². The highest BCUT2D eigenvalue weighted by atomic mass is 35.5. The number of nitrogens with zero attached hydrogens (tertiary/aromatic N) is 2. The van der Waals surface area contributed by atoms with E-state index < -0.39 is 11.7 Å². The summed E-state index contributed by atoms with van der Waals surface area (Å²) in [6.07, 6.45) is -4.39. The highest BCUT2D eigenvalue weighted by Crippen LogP contribution is 2.31. The van der Waals surface area contributed by atoms with E-state index in [0.717, 1.165) is 28.9 Å². The second-order valence-electron chi connectivity index (χ2n) is 5.92. The Morgan fingerprint density at radius 1 is 0.923 bits per heavy atom. The maximum absolute atomic E-state index is 12.7. The van der Waals surface area contributed by atoms with Crippen LogP contribution in [0.3, 0.4) is 0 Å². The first-order valence-electron chi connectivity index (χ1n) is 7.79. The summed E-state index contributed by atoms with van der Waals surface area (Å²) < 4.78 is 38.1. The molecular weight excluding hydrogens is 363 g/mol. The van der Waals surface area contributed by atoms with E-state index in [4.69, 9.17) is 11.6 Å². The lowest BCUT2D eigenvalue weighted by atomic mass is 10.1. The third kappa shape index (κ3) is 4.14. The molecule has 0 aliphatic carbocycles. The van der Waals surface area contributed by atoms with E-state index in [-0.39, 0.29) is 11.0 Å². The second kappa shape index (κ2) is 6.96. The van der Waals surface area contributed by atoms with Gasteiger partial charge in [-0.25, -0.2) is 9.97 Å². The molecule has 1 N–H and O–H groups in total. The lowest BCUT2D eigenvalue weighted by molar-refractivity contribution is -0.137. The molecule has 0 aliphatic heterocycles. The molecule has 3 nitrogen and oxygen atoms in total. The Morgan fingerprint density at radius 2 is 1.62 bits per heavy atom. The van der Waals surface area contributed by atoms with Gasteiger partial charge in [-0.15, -0.1) is 0 Å². The van der Waals surface area contributed by atoms with Crippen molar-refractivity contribution >= 4 is 23.1 Å². The molecule has 0 saturated heterocycles. The van der Waals surface area contributed by atoms with Gasteiger partial charge in [-0.2, -0.15) is 13.2 Å². The van der Waals surface area contributed by atoms with E-state index in [1.165, 1.54) is 12.1 Å². The maximum Gasteiger partial charge on any atom is 0.416 e. The smallest absolute Gasteiger partial charge is 0.340 e. The topological polar surface area (TPSA) is 37.8 Å². The van der Waals surface area contributed by atoms with Gasteiger partial charge in [0.25, 0.3) is 0 Å². The predicted octanol–water partition coefficient (Wildman–Crippen LogP) is 6.18. The van der Waals surface area contributed by atoms with Crippen LogP contribution >= 0.6 is 11.6 Å². The number of rotatable bonds is 3. The van der Waals surface area contributed by atoms with Crippen LogP contribution in [-0.2, 0) is 6.18 Å². The van der Waals surface area contributed by atoms with Gasteiger partial charge < -0.3 is 5.32 Å².